The number of aromatic hydroxyl groups is 1. The molecular formula is C26H22ClNO4S. The van der Waals surface area contributed by atoms with Crippen molar-refractivity contribution in [3.63, 3.8) is 0 Å². The molecule has 1 aliphatic rings. The minimum absolute atomic E-state index is 0.122. The molecule has 5 rings (SSSR count). The van der Waals surface area contributed by atoms with Crippen LogP contribution in [0, 0.1) is 0 Å². The van der Waals surface area contributed by atoms with Crippen LogP contribution in [-0.2, 0) is 6.42 Å². The normalized spacial score (nSPS) is 15.4. The molecule has 0 aliphatic carbocycles. The quantitative estimate of drug-likeness (QED) is 0.386. The molecule has 3 aromatic carbocycles. The SMILES string of the molecule is COc1cc2c(c(OC)c1)C(c1ccc(O)cc1)N(C(=O)c1sc3ccccc3c1Cl)CC2. The Morgan fingerprint density at radius 2 is 1.85 bits per heavy atom. The molecule has 1 amide bonds. The second kappa shape index (κ2) is 8.61. The average Bonchev–Trinajstić information content (AvgIpc) is 3.19. The fourth-order valence-corrected chi connectivity index (χ4v) is 5.96. The first-order valence-electron chi connectivity index (χ1n) is 10.5. The van der Waals surface area contributed by atoms with Crippen LogP contribution < -0.4 is 9.47 Å². The van der Waals surface area contributed by atoms with Crippen LogP contribution in [0.4, 0.5) is 0 Å². The number of methoxy groups -OCH3 is 2. The summed E-state index contributed by atoms with van der Waals surface area (Å²) in [6.45, 7) is 0.512. The topological polar surface area (TPSA) is 59.0 Å². The number of carbonyl (C=O) groups excluding carboxylic acids is 1. The van der Waals surface area contributed by atoms with Crippen molar-refractivity contribution in [2.24, 2.45) is 0 Å². The summed E-state index contributed by atoms with van der Waals surface area (Å²) in [5.74, 6) is 1.41. The molecule has 0 spiro atoms. The Bertz CT molecular complexity index is 1330. The van der Waals surface area contributed by atoms with Gasteiger partial charge in [0.15, 0.2) is 0 Å². The minimum atomic E-state index is -0.399. The van der Waals surface area contributed by atoms with E-state index in [2.05, 4.69) is 0 Å². The number of hydrogen-bond donors (Lipinski definition) is 1. The highest BCUT2D eigenvalue weighted by molar-refractivity contribution is 7.21. The molecule has 0 bridgehead atoms. The van der Waals surface area contributed by atoms with Crippen LogP contribution in [0.15, 0.2) is 60.7 Å². The summed E-state index contributed by atoms with van der Waals surface area (Å²) >= 11 is 8.08. The zero-order valence-electron chi connectivity index (χ0n) is 18.2. The summed E-state index contributed by atoms with van der Waals surface area (Å²) in [5.41, 5.74) is 2.86. The number of nitrogens with zero attached hydrogens (tertiary/aromatic N) is 1. The van der Waals surface area contributed by atoms with E-state index < -0.39 is 6.04 Å². The molecule has 5 nitrogen and oxygen atoms in total. The number of hydrogen-bond acceptors (Lipinski definition) is 5. The lowest BCUT2D eigenvalue weighted by atomic mass is 9.87. The van der Waals surface area contributed by atoms with Gasteiger partial charge in [-0.15, -0.1) is 11.3 Å². The zero-order chi connectivity index (χ0) is 23.1. The number of amides is 1. The zero-order valence-corrected chi connectivity index (χ0v) is 19.7. The second-order valence-electron chi connectivity index (χ2n) is 7.89. The average molecular weight is 480 g/mol. The van der Waals surface area contributed by atoms with Gasteiger partial charge in [-0.2, -0.15) is 0 Å². The van der Waals surface area contributed by atoms with Crippen LogP contribution in [0.1, 0.15) is 32.4 Å². The molecule has 1 atom stereocenters. The smallest absolute Gasteiger partial charge is 0.266 e. The van der Waals surface area contributed by atoms with Gasteiger partial charge in [-0.25, -0.2) is 0 Å². The molecule has 0 fully saturated rings. The van der Waals surface area contributed by atoms with E-state index in [0.717, 1.165) is 26.8 Å². The third kappa shape index (κ3) is 3.69. The Balaban J connectivity index is 1.67. The number of benzene rings is 3. The van der Waals surface area contributed by atoms with E-state index in [-0.39, 0.29) is 11.7 Å². The van der Waals surface area contributed by atoms with Gasteiger partial charge in [0, 0.05) is 28.3 Å². The Morgan fingerprint density at radius 3 is 2.55 bits per heavy atom. The maximum absolute atomic E-state index is 13.9. The van der Waals surface area contributed by atoms with Crippen LogP contribution in [0.3, 0.4) is 0 Å². The van der Waals surface area contributed by atoms with E-state index in [9.17, 15) is 9.90 Å². The molecule has 168 valence electrons. The molecule has 0 saturated carbocycles. The van der Waals surface area contributed by atoms with Crippen molar-refractivity contribution in [2.75, 3.05) is 20.8 Å². The number of carbonyl (C=O) groups is 1. The van der Waals surface area contributed by atoms with Gasteiger partial charge in [0.05, 0.1) is 25.3 Å². The van der Waals surface area contributed by atoms with Crippen molar-refractivity contribution >= 4 is 38.9 Å². The summed E-state index contributed by atoms with van der Waals surface area (Å²) in [4.78, 5) is 16.3. The lowest BCUT2D eigenvalue weighted by Gasteiger charge is -2.38. The van der Waals surface area contributed by atoms with Gasteiger partial charge in [-0.3, -0.25) is 4.79 Å². The second-order valence-corrected chi connectivity index (χ2v) is 9.32. The summed E-state index contributed by atoms with van der Waals surface area (Å²) in [5, 5.41) is 11.2. The van der Waals surface area contributed by atoms with Crippen LogP contribution in [-0.4, -0.2) is 36.7 Å². The highest BCUT2D eigenvalue weighted by Crippen LogP contribution is 2.45. The molecule has 1 aliphatic heterocycles. The van der Waals surface area contributed by atoms with Gasteiger partial charge in [0.25, 0.3) is 5.91 Å². The minimum Gasteiger partial charge on any atom is -0.508 e. The number of thiophene rings is 1. The first-order valence-corrected chi connectivity index (χ1v) is 11.7. The largest absolute Gasteiger partial charge is 0.508 e. The van der Waals surface area contributed by atoms with E-state index in [4.69, 9.17) is 21.1 Å². The fourth-order valence-electron chi connectivity index (χ4n) is 4.49. The van der Waals surface area contributed by atoms with E-state index >= 15 is 0 Å². The monoisotopic (exact) mass is 479 g/mol. The lowest BCUT2D eigenvalue weighted by Crippen LogP contribution is -2.40. The number of phenols is 1. The molecular weight excluding hydrogens is 458 g/mol. The molecule has 33 heavy (non-hydrogen) atoms. The van der Waals surface area contributed by atoms with Gasteiger partial charge >= 0.3 is 0 Å². The lowest BCUT2D eigenvalue weighted by molar-refractivity contribution is 0.0697. The van der Waals surface area contributed by atoms with E-state index in [1.165, 1.54) is 11.3 Å². The van der Waals surface area contributed by atoms with Crippen LogP contribution in [0.5, 0.6) is 17.2 Å². The highest BCUT2D eigenvalue weighted by atomic mass is 35.5. The van der Waals surface area contributed by atoms with Crippen molar-refractivity contribution in [1.82, 2.24) is 4.90 Å². The number of ether oxygens (including phenoxy) is 2. The summed E-state index contributed by atoms with van der Waals surface area (Å²) in [7, 11) is 3.24. The third-order valence-electron chi connectivity index (χ3n) is 6.06. The van der Waals surface area contributed by atoms with Gasteiger partial charge < -0.3 is 19.5 Å². The predicted molar refractivity (Wildman–Crippen MR) is 131 cm³/mol. The van der Waals surface area contributed by atoms with Gasteiger partial charge in [0.2, 0.25) is 0 Å². The molecule has 2 heterocycles. The summed E-state index contributed by atoms with van der Waals surface area (Å²) < 4.78 is 12.2. The molecule has 1 unspecified atom stereocenters. The van der Waals surface area contributed by atoms with Crippen LogP contribution in [0.2, 0.25) is 5.02 Å². The van der Waals surface area contributed by atoms with Crippen molar-refractivity contribution in [2.45, 2.75) is 12.5 Å². The van der Waals surface area contributed by atoms with E-state index in [1.54, 1.807) is 26.4 Å². The maximum Gasteiger partial charge on any atom is 0.266 e. The van der Waals surface area contributed by atoms with Crippen molar-refractivity contribution in [3.8, 4) is 17.2 Å². The number of rotatable bonds is 4. The molecule has 0 radical (unpaired) electrons. The number of halogens is 1. The Hall–Kier alpha value is -3.22. The van der Waals surface area contributed by atoms with Crippen molar-refractivity contribution in [3.05, 3.63) is 87.3 Å². The van der Waals surface area contributed by atoms with Gasteiger partial charge in [-0.05, 0) is 41.8 Å². The fraction of sp³-hybridized carbons (Fsp3) is 0.192. The molecule has 1 aromatic heterocycles. The van der Waals surface area contributed by atoms with Crippen LogP contribution >= 0.6 is 22.9 Å². The van der Waals surface area contributed by atoms with Crippen LogP contribution in [0.25, 0.3) is 10.1 Å². The first kappa shape index (κ1) is 21.6. The standard InChI is InChI=1S/C26H22ClNO4S/c1-31-18-13-16-11-12-28(26(30)25-23(27)19-5-3-4-6-21(19)33-25)24(22(16)20(14-18)32-2)15-7-9-17(29)10-8-15/h3-10,13-14,24,29H,11-12H2,1-2H3. The maximum atomic E-state index is 13.9. The highest BCUT2D eigenvalue weighted by Gasteiger charge is 2.37. The Labute approximate surface area is 200 Å². The molecule has 7 heteroatoms. The van der Waals surface area contributed by atoms with Gasteiger partial charge in [-0.1, -0.05) is 41.9 Å². The molecule has 1 N–H and O–H groups in total. The first-order chi connectivity index (χ1) is 16.0. The van der Waals surface area contributed by atoms with E-state index in [0.29, 0.717) is 34.4 Å². The number of fused-ring (bicyclic) bond motifs is 2. The van der Waals surface area contributed by atoms with Crippen molar-refractivity contribution < 1.29 is 19.4 Å². The van der Waals surface area contributed by atoms with Crippen molar-refractivity contribution in [1.29, 1.82) is 0 Å². The Morgan fingerprint density at radius 1 is 1.09 bits per heavy atom. The Kier molecular flexibility index (Phi) is 5.64. The van der Waals surface area contributed by atoms with E-state index in [1.807, 2.05) is 53.4 Å². The summed E-state index contributed by atoms with van der Waals surface area (Å²) in [6, 6.07) is 18.2. The van der Waals surface area contributed by atoms with Gasteiger partial charge in [0.1, 0.15) is 22.1 Å². The molecule has 4 aromatic rings. The predicted octanol–water partition coefficient (Wildman–Crippen LogP) is 6.07. The summed E-state index contributed by atoms with van der Waals surface area (Å²) in [6.07, 6.45) is 0.658. The number of phenolic OH excluding ortho intramolecular Hbond substituents is 1. The third-order valence-corrected chi connectivity index (χ3v) is 7.73. The molecule has 0 saturated heterocycles.